The summed E-state index contributed by atoms with van der Waals surface area (Å²) in [6.07, 6.45) is -0.499. The molecule has 1 saturated heterocycles. The topological polar surface area (TPSA) is 50.4 Å². The van der Waals surface area contributed by atoms with Gasteiger partial charge in [-0.25, -0.2) is 13.2 Å². The zero-order valence-electron chi connectivity index (χ0n) is 12.0. The van der Waals surface area contributed by atoms with Crippen LogP contribution in [0.1, 0.15) is 19.4 Å². The van der Waals surface area contributed by atoms with Crippen molar-refractivity contribution < 1.29 is 22.7 Å². The summed E-state index contributed by atoms with van der Waals surface area (Å²) in [6.45, 7) is 3.03. The Morgan fingerprint density at radius 3 is 2.52 bits per heavy atom. The molecule has 0 spiro atoms. The molecule has 1 heterocycles. The first-order valence-corrected chi connectivity index (χ1v) is 6.51. The number of benzene rings is 1. The maximum atomic E-state index is 14.2. The third-order valence-corrected chi connectivity index (χ3v) is 4.09. The van der Waals surface area contributed by atoms with Crippen molar-refractivity contribution in [2.45, 2.75) is 31.7 Å². The van der Waals surface area contributed by atoms with E-state index in [0.29, 0.717) is 0 Å². The summed E-state index contributed by atoms with van der Waals surface area (Å²) in [5, 5.41) is 5.86. The van der Waals surface area contributed by atoms with Crippen LogP contribution >= 0.6 is 0 Å². The van der Waals surface area contributed by atoms with Crippen molar-refractivity contribution in [3.05, 3.63) is 35.1 Å². The molecule has 2 N–H and O–H groups in total. The molecule has 0 bridgehead atoms. The van der Waals surface area contributed by atoms with Crippen LogP contribution in [0.3, 0.4) is 0 Å². The summed E-state index contributed by atoms with van der Waals surface area (Å²) in [4.78, 5) is 12.2. The summed E-state index contributed by atoms with van der Waals surface area (Å²) >= 11 is 0. The minimum absolute atomic E-state index is 0.0526. The molecular formula is C14H17F3N2O2. The molecule has 3 unspecified atom stereocenters. The number of hydrogen-bond acceptors (Lipinski definition) is 4. The number of nitrogens with one attached hydrogen (secondary N) is 2. The lowest BCUT2D eigenvalue weighted by molar-refractivity contribution is -0.126. The number of ketones is 1. The Morgan fingerprint density at radius 1 is 1.33 bits per heavy atom. The molecular weight excluding hydrogens is 285 g/mol. The van der Waals surface area contributed by atoms with Gasteiger partial charge in [0.2, 0.25) is 0 Å². The molecule has 116 valence electrons. The van der Waals surface area contributed by atoms with Gasteiger partial charge in [0.15, 0.2) is 23.8 Å². The zero-order chi connectivity index (χ0) is 15.8. The van der Waals surface area contributed by atoms with Crippen molar-refractivity contribution >= 4 is 5.78 Å². The predicted molar refractivity (Wildman–Crippen MR) is 70.1 cm³/mol. The number of halogens is 3. The van der Waals surface area contributed by atoms with Gasteiger partial charge in [-0.1, -0.05) is 6.07 Å². The van der Waals surface area contributed by atoms with E-state index >= 15 is 0 Å². The van der Waals surface area contributed by atoms with Gasteiger partial charge in [0, 0.05) is 25.3 Å². The lowest BCUT2D eigenvalue weighted by atomic mass is 9.70. The first kappa shape index (κ1) is 15.9. The first-order chi connectivity index (χ1) is 9.84. The maximum Gasteiger partial charge on any atom is 0.194 e. The molecule has 1 aromatic carbocycles. The van der Waals surface area contributed by atoms with Crippen molar-refractivity contribution in [1.29, 1.82) is 0 Å². The number of methoxy groups -OCH3 is 1. The number of carbonyl (C=O) groups is 1. The van der Waals surface area contributed by atoms with E-state index in [9.17, 15) is 18.0 Å². The summed E-state index contributed by atoms with van der Waals surface area (Å²) in [5.74, 6) is -4.55. The van der Waals surface area contributed by atoms with Gasteiger partial charge in [-0.15, -0.1) is 0 Å². The van der Waals surface area contributed by atoms with Gasteiger partial charge in [0.05, 0.1) is 5.41 Å². The van der Waals surface area contributed by atoms with Gasteiger partial charge in [-0.05, 0) is 19.9 Å². The molecule has 0 radical (unpaired) electrons. The normalized spacial score (nSPS) is 29.4. The zero-order valence-corrected chi connectivity index (χ0v) is 12.0. The van der Waals surface area contributed by atoms with E-state index in [4.69, 9.17) is 4.74 Å². The van der Waals surface area contributed by atoms with Gasteiger partial charge in [0.25, 0.3) is 0 Å². The Kier molecular flexibility index (Phi) is 4.36. The Hall–Kier alpha value is -1.44. The molecule has 0 saturated carbocycles. The van der Waals surface area contributed by atoms with Crippen molar-refractivity contribution in [3.63, 3.8) is 0 Å². The third kappa shape index (κ3) is 2.45. The molecule has 1 aromatic rings. The largest absolute Gasteiger partial charge is 0.353 e. The van der Waals surface area contributed by atoms with Crippen LogP contribution in [0.15, 0.2) is 12.1 Å². The number of carbonyl (C=O) groups excluding carboxylic acids is 1. The second-order valence-electron chi connectivity index (χ2n) is 5.14. The van der Waals surface area contributed by atoms with Gasteiger partial charge < -0.3 is 4.74 Å². The van der Waals surface area contributed by atoms with E-state index in [1.807, 2.05) is 0 Å². The van der Waals surface area contributed by atoms with Gasteiger partial charge in [0.1, 0.15) is 5.78 Å². The van der Waals surface area contributed by atoms with Crippen LogP contribution in [0.25, 0.3) is 0 Å². The molecule has 1 aliphatic rings. The molecule has 1 fully saturated rings. The van der Waals surface area contributed by atoms with E-state index in [0.717, 1.165) is 12.1 Å². The first-order valence-electron chi connectivity index (χ1n) is 6.51. The van der Waals surface area contributed by atoms with Crippen molar-refractivity contribution in [2.24, 2.45) is 0 Å². The fourth-order valence-corrected chi connectivity index (χ4v) is 2.80. The lowest BCUT2D eigenvalue weighted by Crippen LogP contribution is -2.68. The second kappa shape index (κ2) is 5.75. The fourth-order valence-electron chi connectivity index (χ4n) is 2.80. The Bertz CT molecular complexity index is 567. The third-order valence-electron chi connectivity index (χ3n) is 4.09. The predicted octanol–water partition coefficient (Wildman–Crippen LogP) is 1.44. The fraction of sp³-hybridized carbons (Fsp3) is 0.500. The smallest absolute Gasteiger partial charge is 0.194 e. The molecule has 3 atom stereocenters. The van der Waals surface area contributed by atoms with Gasteiger partial charge in [-0.3, -0.25) is 15.4 Å². The standard InChI is InChI=1S/C14H17F3N2O2/c1-7-14(8(2)20,6-18-13(19-7)21-3)9-4-5-10(15)12(17)11(9)16/h4-5,7,13,18-19H,6H2,1-3H3. The van der Waals surface area contributed by atoms with E-state index < -0.39 is 35.3 Å². The molecule has 21 heavy (non-hydrogen) atoms. The van der Waals surface area contributed by atoms with Crippen LogP contribution in [-0.4, -0.2) is 31.8 Å². The van der Waals surface area contributed by atoms with Crippen molar-refractivity contribution in [1.82, 2.24) is 10.6 Å². The van der Waals surface area contributed by atoms with Crippen molar-refractivity contribution in [2.75, 3.05) is 13.7 Å². The molecule has 0 amide bonds. The van der Waals surface area contributed by atoms with Crippen LogP contribution in [0, 0.1) is 17.5 Å². The van der Waals surface area contributed by atoms with E-state index in [1.54, 1.807) is 6.92 Å². The summed E-state index contributed by atoms with van der Waals surface area (Å²) in [7, 11) is 1.47. The average molecular weight is 302 g/mol. The quantitative estimate of drug-likeness (QED) is 0.830. The van der Waals surface area contributed by atoms with Crippen LogP contribution in [-0.2, 0) is 14.9 Å². The molecule has 7 heteroatoms. The molecule has 0 aliphatic carbocycles. The second-order valence-corrected chi connectivity index (χ2v) is 5.14. The van der Waals surface area contributed by atoms with E-state index in [-0.39, 0.29) is 17.9 Å². The van der Waals surface area contributed by atoms with Crippen molar-refractivity contribution in [3.8, 4) is 0 Å². The lowest BCUT2D eigenvalue weighted by Gasteiger charge is -2.44. The number of Topliss-reactive ketones (excluding diaryl/α,β-unsaturated/α-hetero) is 1. The molecule has 0 aromatic heterocycles. The van der Waals surface area contributed by atoms with Crippen LogP contribution < -0.4 is 10.6 Å². The minimum atomic E-state index is -1.57. The van der Waals surface area contributed by atoms with E-state index in [1.165, 1.54) is 14.0 Å². The number of ether oxygens (including phenoxy) is 1. The average Bonchev–Trinajstić information content (AvgIpc) is 2.45. The number of rotatable bonds is 3. The highest BCUT2D eigenvalue weighted by Crippen LogP contribution is 2.34. The van der Waals surface area contributed by atoms with Gasteiger partial charge >= 0.3 is 0 Å². The summed E-state index contributed by atoms with van der Waals surface area (Å²) in [6, 6.07) is 1.41. The highest BCUT2D eigenvalue weighted by Gasteiger charge is 2.48. The Labute approximate surface area is 120 Å². The molecule has 2 rings (SSSR count). The van der Waals surface area contributed by atoms with Crippen LogP contribution in [0.2, 0.25) is 0 Å². The maximum absolute atomic E-state index is 14.2. The Balaban J connectivity index is 2.55. The molecule has 1 aliphatic heterocycles. The monoisotopic (exact) mass is 302 g/mol. The molecule has 4 nitrogen and oxygen atoms in total. The van der Waals surface area contributed by atoms with Gasteiger partial charge in [-0.2, -0.15) is 0 Å². The highest BCUT2D eigenvalue weighted by atomic mass is 19.2. The summed E-state index contributed by atoms with van der Waals surface area (Å²) in [5.41, 5.74) is -1.51. The Morgan fingerprint density at radius 2 is 2.00 bits per heavy atom. The summed E-state index contributed by atoms with van der Waals surface area (Å²) < 4.78 is 45.9. The van der Waals surface area contributed by atoms with E-state index in [2.05, 4.69) is 10.6 Å². The highest BCUT2D eigenvalue weighted by molar-refractivity contribution is 5.89. The number of hydrogen-bond donors (Lipinski definition) is 2. The minimum Gasteiger partial charge on any atom is -0.353 e. The van der Waals surface area contributed by atoms with Crippen LogP contribution in [0.5, 0.6) is 0 Å². The van der Waals surface area contributed by atoms with Crippen LogP contribution in [0.4, 0.5) is 13.2 Å². The SMILES string of the molecule is COC1NCC(C(C)=O)(c2ccc(F)c(F)c2F)C(C)N1.